The molecule has 0 unspecified atom stereocenters. The van der Waals surface area contributed by atoms with Gasteiger partial charge in [0.2, 0.25) is 0 Å². The van der Waals surface area contributed by atoms with Gasteiger partial charge in [0.1, 0.15) is 0 Å². The zero-order valence-corrected chi connectivity index (χ0v) is 26.1. The van der Waals surface area contributed by atoms with E-state index in [0.29, 0.717) is 0 Å². The molecule has 1 aliphatic heterocycles. The van der Waals surface area contributed by atoms with Gasteiger partial charge in [0.15, 0.2) is 0 Å². The van der Waals surface area contributed by atoms with Gasteiger partial charge in [0.25, 0.3) is 0 Å². The number of hydrogen-bond donors (Lipinski definition) is 0. The summed E-state index contributed by atoms with van der Waals surface area (Å²) in [6, 6.07) is 62.6. The Kier molecular flexibility index (Phi) is 5.14. The van der Waals surface area contributed by atoms with Crippen molar-refractivity contribution in [3.8, 4) is 44.8 Å². The third-order valence-electron chi connectivity index (χ3n) is 10.4. The standard InChI is InChI=1S/C46H28N2/c1-2-13-33(14-3-1)47-42-20-9-8-17-36(42)40-26-31(21-23-43(40)47)32-22-24-44-41(27-32)38-19-10-18-37-34-15-6-7-16-35(34)39-25-29-11-4-5-12-30(29)28-45(39)48(44)46(37)38/h1-28H. The third-order valence-corrected chi connectivity index (χ3v) is 10.4. The predicted molar refractivity (Wildman–Crippen MR) is 202 cm³/mol. The van der Waals surface area contributed by atoms with E-state index < -0.39 is 0 Å². The van der Waals surface area contributed by atoms with Gasteiger partial charge in [-0.25, -0.2) is 0 Å². The first-order valence-electron chi connectivity index (χ1n) is 16.6. The first-order chi connectivity index (χ1) is 23.8. The molecule has 0 spiro atoms. The van der Waals surface area contributed by atoms with Gasteiger partial charge in [-0.2, -0.15) is 0 Å². The number of fused-ring (bicyclic) bond motifs is 12. The highest BCUT2D eigenvalue weighted by molar-refractivity contribution is 6.18. The lowest BCUT2D eigenvalue weighted by Crippen LogP contribution is -1.96. The van der Waals surface area contributed by atoms with E-state index >= 15 is 0 Å². The summed E-state index contributed by atoms with van der Waals surface area (Å²) >= 11 is 0. The largest absolute Gasteiger partial charge is 0.309 e. The second-order valence-electron chi connectivity index (χ2n) is 13.0. The molecule has 0 fully saturated rings. The highest BCUT2D eigenvalue weighted by Crippen LogP contribution is 2.48. The van der Waals surface area contributed by atoms with Crippen molar-refractivity contribution < 1.29 is 0 Å². The van der Waals surface area contributed by atoms with Crippen molar-refractivity contribution in [2.24, 2.45) is 0 Å². The summed E-state index contributed by atoms with van der Waals surface area (Å²) in [7, 11) is 0. The van der Waals surface area contributed by atoms with Gasteiger partial charge in [0, 0.05) is 38.4 Å². The van der Waals surface area contributed by atoms with E-state index in [1.165, 1.54) is 99.1 Å². The van der Waals surface area contributed by atoms with Crippen LogP contribution in [-0.4, -0.2) is 9.13 Å². The third kappa shape index (κ3) is 3.46. The summed E-state index contributed by atoms with van der Waals surface area (Å²) in [4.78, 5) is 0. The maximum Gasteiger partial charge on any atom is 0.0619 e. The molecule has 8 aromatic carbocycles. The molecule has 2 nitrogen and oxygen atoms in total. The average Bonchev–Trinajstić information content (AvgIpc) is 3.63. The molecule has 2 heteroatoms. The van der Waals surface area contributed by atoms with Crippen LogP contribution in [-0.2, 0) is 0 Å². The Morgan fingerprint density at radius 1 is 0.312 bits per heavy atom. The monoisotopic (exact) mass is 608 g/mol. The lowest BCUT2D eigenvalue weighted by molar-refractivity contribution is 1.18. The summed E-state index contributed by atoms with van der Waals surface area (Å²) in [6.07, 6.45) is 0. The van der Waals surface area contributed by atoms with Crippen molar-refractivity contribution >= 4 is 54.4 Å². The maximum absolute atomic E-state index is 2.52. The Balaban J connectivity index is 1.18. The van der Waals surface area contributed by atoms with Crippen LogP contribution in [0.25, 0.3) is 99.1 Å². The van der Waals surface area contributed by atoms with Gasteiger partial charge in [-0.3, -0.25) is 0 Å². The number of para-hydroxylation sites is 3. The molecular weight excluding hydrogens is 581 g/mol. The summed E-state index contributed by atoms with van der Waals surface area (Å²) in [6.45, 7) is 0. The molecule has 0 bridgehead atoms. The van der Waals surface area contributed by atoms with E-state index in [2.05, 4.69) is 179 Å². The zero-order chi connectivity index (χ0) is 31.3. The van der Waals surface area contributed by atoms with Crippen molar-refractivity contribution in [2.45, 2.75) is 0 Å². The van der Waals surface area contributed by atoms with Crippen LogP contribution >= 0.6 is 0 Å². The van der Waals surface area contributed by atoms with Crippen molar-refractivity contribution in [3.63, 3.8) is 0 Å². The molecule has 1 aliphatic rings. The number of benzene rings is 8. The Hall–Kier alpha value is -6.38. The number of hydrogen-bond acceptors (Lipinski definition) is 0. The molecule has 3 heterocycles. The highest BCUT2D eigenvalue weighted by Gasteiger charge is 2.25. The predicted octanol–water partition coefficient (Wildman–Crippen LogP) is 12.3. The lowest BCUT2D eigenvalue weighted by atomic mass is 9.92. The molecular formula is C46H28N2. The smallest absolute Gasteiger partial charge is 0.0619 e. The van der Waals surface area contributed by atoms with E-state index in [1.54, 1.807) is 0 Å². The van der Waals surface area contributed by atoms with Crippen molar-refractivity contribution in [1.29, 1.82) is 0 Å². The quantitative estimate of drug-likeness (QED) is 0.185. The normalized spacial score (nSPS) is 12.2. The SMILES string of the molecule is c1ccc(-n2c3ccccc3c3cc(-c4ccc5c(c4)c4cccc6c4n5-c4cc5ccccc5cc4-c4ccccc4-6)ccc32)cc1. The van der Waals surface area contributed by atoms with E-state index in [0.717, 1.165) is 0 Å². The van der Waals surface area contributed by atoms with Crippen LogP contribution in [0.3, 0.4) is 0 Å². The lowest BCUT2D eigenvalue weighted by Gasteiger charge is -2.14. The van der Waals surface area contributed by atoms with Crippen LogP contribution < -0.4 is 0 Å². The van der Waals surface area contributed by atoms with Crippen LogP contribution in [0.1, 0.15) is 0 Å². The molecule has 0 radical (unpaired) electrons. The summed E-state index contributed by atoms with van der Waals surface area (Å²) in [5.74, 6) is 0. The Bertz CT molecular complexity index is 2940. The molecule has 11 rings (SSSR count). The molecule has 0 atom stereocenters. The molecule has 0 amide bonds. The van der Waals surface area contributed by atoms with Crippen LogP contribution in [0, 0.1) is 0 Å². The van der Waals surface area contributed by atoms with Gasteiger partial charge in [-0.1, -0.05) is 115 Å². The summed E-state index contributed by atoms with van der Waals surface area (Å²) < 4.78 is 4.90. The molecule has 0 saturated carbocycles. The molecule has 0 N–H and O–H groups in total. The van der Waals surface area contributed by atoms with E-state index in [9.17, 15) is 0 Å². The second kappa shape index (κ2) is 9.57. The molecule has 10 aromatic rings. The molecule has 0 saturated heterocycles. The van der Waals surface area contributed by atoms with Crippen LogP contribution in [0.15, 0.2) is 170 Å². The van der Waals surface area contributed by atoms with Gasteiger partial charge in [-0.15, -0.1) is 0 Å². The van der Waals surface area contributed by atoms with Gasteiger partial charge in [0.05, 0.1) is 27.8 Å². The fourth-order valence-electron chi connectivity index (χ4n) is 8.31. The van der Waals surface area contributed by atoms with E-state index in [4.69, 9.17) is 0 Å². The average molecular weight is 609 g/mol. The van der Waals surface area contributed by atoms with Crippen LogP contribution in [0.5, 0.6) is 0 Å². The maximum atomic E-state index is 2.52. The minimum absolute atomic E-state index is 1.18. The van der Waals surface area contributed by atoms with Crippen molar-refractivity contribution in [2.75, 3.05) is 0 Å². The summed E-state index contributed by atoms with van der Waals surface area (Å²) in [5.41, 5.74) is 14.9. The molecule has 0 aliphatic carbocycles. The second-order valence-corrected chi connectivity index (χ2v) is 13.0. The minimum atomic E-state index is 1.18. The first kappa shape index (κ1) is 25.8. The van der Waals surface area contributed by atoms with Gasteiger partial charge >= 0.3 is 0 Å². The Morgan fingerprint density at radius 2 is 0.875 bits per heavy atom. The molecule has 222 valence electrons. The van der Waals surface area contributed by atoms with E-state index in [1.807, 2.05) is 0 Å². The van der Waals surface area contributed by atoms with Gasteiger partial charge < -0.3 is 9.13 Å². The fraction of sp³-hybridized carbons (Fsp3) is 0. The number of aromatic nitrogens is 2. The van der Waals surface area contributed by atoms with Gasteiger partial charge in [-0.05, 0) is 87.6 Å². The number of rotatable bonds is 2. The Morgan fingerprint density at radius 3 is 1.67 bits per heavy atom. The van der Waals surface area contributed by atoms with Crippen molar-refractivity contribution in [1.82, 2.24) is 9.13 Å². The topological polar surface area (TPSA) is 9.86 Å². The number of nitrogens with zero attached hydrogens (tertiary/aromatic N) is 2. The zero-order valence-electron chi connectivity index (χ0n) is 26.1. The minimum Gasteiger partial charge on any atom is -0.309 e. The van der Waals surface area contributed by atoms with Crippen LogP contribution in [0.2, 0.25) is 0 Å². The van der Waals surface area contributed by atoms with E-state index in [-0.39, 0.29) is 0 Å². The molecule has 48 heavy (non-hydrogen) atoms. The van der Waals surface area contributed by atoms with Crippen molar-refractivity contribution in [3.05, 3.63) is 170 Å². The first-order valence-corrected chi connectivity index (χ1v) is 16.6. The fourth-order valence-corrected chi connectivity index (χ4v) is 8.31. The molecule has 2 aromatic heterocycles. The highest BCUT2D eigenvalue weighted by atomic mass is 15.0. The van der Waals surface area contributed by atoms with Crippen LogP contribution in [0.4, 0.5) is 0 Å². The summed E-state index contributed by atoms with van der Waals surface area (Å²) in [5, 5.41) is 7.60. The Labute approximate surface area is 277 Å².